The van der Waals surface area contributed by atoms with Gasteiger partial charge in [-0.3, -0.25) is 4.18 Å². The van der Waals surface area contributed by atoms with Gasteiger partial charge in [0.2, 0.25) is 0 Å². The van der Waals surface area contributed by atoms with Crippen molar-refractivity contribution in [2.45, 2.75) is 13.0 Å². The zero-order valence-electron chi connectivity index (χ0n) is 5.57. The Bertz CT molecular complexity index is 216. The molecule has 0 unspecified atom stereocenters. The second-order valence-corrected chi connectivity index (χ2v) is 3.38. The van der Waals surface area contributed by atoms with Gasteiger partial charge < -0.3 is 5.11 Å². The summed E-state index contributed by atoms with van der Waals surface area (Å²) < 4.78 is 24.6. The van der Waals surface area contributed by atoms with Crippen LogP contribution in [0, 0.1) is 0 Å². The van der Waals surface area contributed by atoms with E-state index >= 15 is 0 Å². The molecule has 60 valence electrons. The monoisotopic (exact) mass is 168 g/mol. The van der Waals surface area contributed by atoms with E-state index in [1.165, 1.54) is 0 Å². The maximum absolute atomic E-state index is 10.3. The summed E-state index contributed by atoms with van der Waals surface area (Å²) >= 11 is 0. The molecule has 0 aliphatic carbocycles. The molecule has 0 aliphatic heterocycles. The van der Waals surface area contributed by atoms with Gasteiger partial charge in [-0.1, -0.05) is 0 Å². The molecule has 0 aliphatic rings. The number of carboxylic acids is 1. The van der Waals surface area contributed by atoms with Crippen molar-refractivity contribution in [3.8, 4) is 0 Å². The molecule has 6 heteroatoms. The van der Waals surface area contributed by atoms with Gasteiger partial charge in [0.25, 0.3) is 10.1 Å². The first-order valence-electron chi connectivity index (χ1n) is 2.44. The Balaban J connectivity index is 4.06. The van der Waals surface area contributed by atoms with Crippen LogP contribution in [0.25, 0.3) is 0 Å². The molecule has 5 nitrogen and oxygen atoms in total. The Morgan fingerprint density at radius 3 is 2.10 bits per heavy atom. The van der Waals surface area contributed by atoms with Gasteiger partial charge in [-0.05, 0) is 6.92 Å². The summed E-state index contributed by atoms with van der Waals surface area (Å²) in [6, 6.07) is 0. The lowest BCUT2D eigenvalue weighted by Crippen LogP contribution is -2.22. The lowest BCUT2D eigenvalue weighted by atomic mass is 10.4. The summed E-state index contributed by atoms with van der Waals surface area (Å²) in [4.78, 5) is 9.99. The molecule has 1 atom stereocenters. The minimum atomic E-state index is -3.65. The van der Waals surface area contributed by atoms with Gasteiger partial charge in [-0.15, -0.1) is 0 Å². The quantitative estimate of drug-likeness (QED) is 0.571. The average Bonchev–Trinajstić information content (AvgIpc) is 1.60. The third-order valence-corrected chi connectivity index (χ3v) is 1.31. The molecule has 0 bridgehead atoms. The molecule has 0 aromatic rings. The van der Waals surface area contributed by atoms with Crippen LogP contribution in [-0.2, 0) is 19.1 Å². The fourth-order valence-electron chi connectivity index (χ4n) is 0.303. The Hall–Kier alpha value is -0.620. The van der Waals surface area contributed by atoms with Crippen molar-refractivity contribution in [1.82, 2.24) is 0 Å². The van der Waals surface area contributed by atoms with Crippen molar-refractivity contribution in [2.75, 3.05) is 6.26 Å². The molecule has 0 saturated heterocycles. The van der Waals surface area contributed by atoms with E-state index in [0.29, 0.717) is 0 Å². The second kappa shape index (κ2) is 2.98. The Morgan fingerprint density at radius 1 is 1.60 bits per heavy atom. The molecule has 0 saturated carbocycles. The highest BCUT2D eigenvalue weighted by atomic mass is 32.2. The minimum absolute atomic E-state index is 0.798. The Morgan fingerprint density at radius 2 is 2.00 bits per heavy atom. The van der Waals surface area contributed by atoms with Crippen molar-refractivity contribution in [3.05, 3.63) is 0 Å². The van der Waals surface area contributed by atoms with Crippen molar-refractivity contribution in [3.63, 3.8) is 0 Å². The molecular weight excluding hydrogens is 160 g/mol. The fourth-order valence-corrected chi connectivity index (χ4v) is 0.910. The molecule has 0 radical (unpaired) electrons. The second-order valence-electron chi connectivity index (χ2n) is 1.78. The summed E-state index contributed by atoms with van der Waals surface area (Å²) in [7, 11) is -3.65. The van der Waals surface area contributed by atoms with Crippen molar-refractivity contribution < 1.29 is 22.5 Å². The number of carboxylic acid groups (broad SMARTS) is 1. The third-order valence-electron chi connectivity index (χ3n) is 0.667. The van der Waals surface area contributed by atoms with Crippen LogP contribution < -0.4 is 0 Å². The first kappa shape index (κ1) is 9.38. The van der Waals surface area contributed by atoms with Crippen LogP contribution >= 0.6 is 0 Å². The Kier molecular flexibility index (Phi) is 2.79. The van der Waals surface area contributed by atoms with Gasteiger partial charge in [-0.25, -0.2) is 4.79 Å². The molecule has 10 heavy (non-hydrogen) atoms. The average molecular weight is 168 g/mol. The van der Waals surface area contributed by atoms with Gasteiger partial charge in [0, 0.05) is 0 Å². The zero-order valence-corrected chi connectivity index (χ0v) is 6.38. The maximum Gasteiger partial charge on any atom is 0.334 e. The van der Waals surface area contributed by atoms with Gasteiger partial charge in [0.15, 0.2) is 6.10 Å². The van der Waals surface area contributed by atoms with Crippen molar-refractivity contribution in [2.24, 2.45) is 0 Å². The van der Waals surface area contributed by atoms with Gasteiger partial charge in [0.05, 0.1) is 6.26 Å². The van der Waals surface area contributed by atoms with Crippen LogP contribution in [0.5, 0.6) is 0 Å². The first-order valence-corrected chi connectivity index (χ1v) is 4.25. The molecule has 0 amide bonds. The van der Waals surface area contributed by atoms with E-state index in [0.717, 1.165) is 13.2 Å². The summed E-state index contributed by atoms with van der Waals surface area (Å²) in [6.45, 7) is 1.14. The normalized spacial score (nSPS) is 14.6. The van der Waals surface area contributed by atoms with Crippen LogP contribution in [-0.4, -0.2) is 31.9 Å². The molecule has 1 N–H and O–H groups in total. The molecular formula is C4H8O5S. The summed E-state index contributed by atoms with van der Waals surface area (Å²) in [6.07, 6.45) is -0.512. The predicted octanol–water partition coefficient (Wildman–Crippen LogP) is -0.564. The maximum atomic E-state index is 10.3. The smallest absolute Gasteiger partial charge is 0.334 e. The highest BCUT2D eigenvalue weighted by Crippen LogP contribution is 1.95. The highest BCUT2D eigenvalue weighted by Gasteiger charge is 2.16. The van der Waals surface area contributed by atoms with E-state index in [9.17, 15) is 13.2 Å². The van der Waals surface area contributed by atoms with Crippen LogP contribution in [0.1, 0.15) is 6.92 Å². The molecule has 0 fully saturated rings. The van der Waals surface area contributed by atoms with Crippen molar-refractivity contribution in [1.29, 1.82) is 0 Å². The molecule has 0 rings (SSSR count). The summed E-state index contributed by atoms with van der Waals surface area (Å²) in [5.74, 6) is -1.30. The topological polar surface area (TPSA) is 80.7 Å². The minimum Gasteiger partial charge on any atom is -0.479 e. The number of hydrogen-bond acceptors (Lipinski definition) is 4. The van der Waals surface area contributed by atoms with Gasteiger partial charge >= 0.3 is 5.97 Å². The summed E-state index contributed by atoms with van der Waals surface area (Å²) in [5, 5.41) is 8.16. The molecule has 0 aromatic carbocycles. The van der Waals surface area contributed by atoms with E-state index in [1.54, 1.807) is 0 Å². The first-order chi connectivity index (χ1) is 4.33. The predicted molar refractivity (Wildman–Crippen MR) is 33.0 cm³/mol. The van der Waals surface area contributed by atoms with E-state index < -0.39 is 22.2 Å². The van der Waals surface area contributed by atoms with Gasteiger partial charge in [0.1, 0.15) is 0 Å². The van der Waals surface area contributed by atoms with Crippen LogP contribution in [0.3, 0.4) is 0 Å². The van der Waals surface area contributed by atoms with E-state index in [-0.39, 0.29) is 0 Å². The molecule has 0 aromatic heterocycles. The zero-order chi connectivity index (χ0) is 8.36. The van der Waals surface area contributed by atoms with Gasteiger partial charge in [-0.2, -0.15) is 8.42 Å². The summed E-state index contributed by atoms with van der Waals surface area (Å²) in [5.41, 5.74) is 0. The largest absolute Gasteiger partial charge is 0.479 e. The lowest BCUT2D eigenvalue weighted by Gasteiger charge is -2.03. The van der Waals surface area contributed by atoms with E-state index in [1.807, 2.05) is 0 Å². The molecule has 0 spiro atoms. The van der Waals surface area contributed by atoms with Crippen LogP contribution in [0.15, 0.2) is 0 Å². The number of carbonyl (C=O) groups is 1. The van der Waals surface area contributed by atoms with Crippen LogP contribution in [0.4, 0.5) is 0 Å². The highest BCUT2D eigenvalue weighted by molar-refractivity contribution is 7.86. The number of rotatable bonds is 3. The van der Waals surface area contributed by atoms with Crippen molar-refractivity contribution >= 4 is 16.1 Å². The number of hydrogen-bond donors (Lipinski definition) is 1. The van der Waals surface area contributed by atoms with E-state index in [4.69, 9.17) is 5.11 Å². The standard InChI is InChI=1S/C4H8O5S/c1-3(4(5)6)9-10(2,7)8/h3H,1-2H3,(H,5,6)/t3-/m0/s1. The van der Waals surface area contributed by atoms with E-state index in [2.05, 4.69) is 4.18 Å². The Labute approximate surface area is 58.7 Å². The third kappa shape index (κ3) is 4.28. The van der Waals surface area contributed by atoms with Crippen LogP contribution in [0.2, 0.25) is 0 Å². The fraction of sp³-hybridized carbons (Fsp3) is 0.750. The molecule has 0 heterocycles. The number of aliphatic carboxylic acids is 1. The lowest BCUT2D eigenvalue weighted by molar-refractivity contribution is -0.144. The SMILES string of the molecule is C[C@H](OS(C)(=O)=O)C(=O)O.